The van der Waals surface area contributed by atoms with Crippen molar-refractivity contribution >= 4 is 5.71 Å². The second-order valence-corrected chi connectivity index (χ2v) is 7.05. The molecule has 2 aromatic rings. The van der Waals surface area contributed by atoms with Crippen LogP contribution in [0.2, 0.25) is 0 Å². The Morgan fingerprint density at radius 2 is 1.93 bits per heavy atom. The summed E-state index contributed by atoms with van der Waals surface area (Å²) in [7, 11) is 4.26. The zero-order valence-electron chi connectivity index (χ0n) is 16.0. The van der Waals surface area contributed by atoms with Crippen molar-refractivity contribution in [2.45, 2.75) is 25.4 Å². The van der Waals surface area contributed by atoms with Crippen LogP contribution in [0.4, 0.5) is 0 Å². The number of likely N-dealkylation sites (N-methyl/N-ethyl adjacent to an activating group) is 1. The Bertz CT molecular complexity index is 832. The first-order chi connectivity index (χ1) is 13.2. The van der Waals surface area contributed by atoms with Crippen LogP contribution in [0.15, 0.2) is 71.1 Å². The van der Waals surface area contributed by atoms with E-state index in [9.17, 15) is 0 Å². The number of aliphatic imine (C=N–C) groups is 1. The fourth-order valence-electron chi connectivity index (χ4n) is 3.89. The maximum absolute atomic E-state index is 5.90. The van der Waals surface area contributed by atoms with Gasteiger partial charge in [-0.25, -0.2) is 0 Å². The van der Waals surface area contributed by atoms with E-state index >= 15 is 0 Å². The van der Waals surface area contributed by atoms with E-state index in [-0.39, 0.29) is 6.17 Å². The second-order valence-electron chi connectivity index (χ2n) is 7.05. The van der Waals surface area contributed by atoms with Gasteiger partial charge < -0.3 is 14.5 Å². The summed E-state index contributed by atoms with van der Waals surface area (Å²) in [6.07, 6.45) is 5.11. The molecule has 0 saturated heterocycles. The largest absolute Gasteiger partial charge is 0.492 e. The zero-order chi connectivity index (χ0) is 18.6. The van der Waals surface area contributed by atoms with Gasteiger partial charge in [-0.1, -0.05) is 24.3 Å². The highest BCUT2D eigenvalue weighted by atomic mass is 16.5. The second kappa shape index (κ2) is 7.82. The van der Waals surface area contributed by atoms with E-state index in [1.807, 2.05) is 48.7 Å². The molecule has 27 heavy (non-hydrogen) atoms. The quantitative estimate of drug-likeness (QED) is 0.782. The molecule has 0 amide bonds. The number of allylic oxidation sites excluding steroid dienone is 1. The van der Waals surface area contributed by atoms with Crippen molar-refractivity contribution in [3.63, 3.8) is 0 Å². The Morgan fingerprint density at radius 3 is 2.70 bits per heavy atom. The first-order valence-corrected chi connectivity index (χ1v) is 9.57. The van der Waals surface area contributed by atoms with Crippen LogP contribution in [0.5, 0.6) is 5.75 Å². The molecule has 2 heterocycles. The van der Waals surface area contributed by atoms with Crippen molar-refractivity contribution < 1.29 is 4.74 Å². The molecule has 1 unspecified atom stereocenters. The molecule has 0 spiro atoms. The average Bonchev–Trinajstić information content (AvgIpc) is 3.17. The first-order valence-electron chi connectivity index (χ1n) is 9.57. The lowest BCUT2D eigenvalue weighted by atomic mass is 10.1. The van der Waals surface area contributed by atoms with Crippen molar-refractivity contribution in [2.24, 2.45) is 4.99 Å². The van der Waals surface area contributed by atoms with Gasteiger partial charge in [0.05, 0.1) is 12.2 Å². The summed E-state index contributed by atoms with van der Waals surface area (Å²) in [6, 6.07) is 16.0. The molecular formula is C22H26N4O. The molecule has 1 aromatic heterocycles. The summed E-state index contributed by atoms with van der Waals surface area (Å²) in [4.78, 5) is 14.1. The summed E-state index contributed by atoms with van der Waals surface area (Å²) in [5.74, 6) is 2.17. The van der Waals surface area contributed by atoms with Gasteiger partial charge in [0.2, 0.25) is 0 Å². The molecule has 5 heteroatoms. The van der Waals surface area contributed by atoms with Crippen LogP contribution in [-0.2, 0) is 0 Å². The van der Waals surface area contributed by atoms with Gasteiger partial charge in [-0.2, -0.15) is 0 Å². The number of fused-ring (bicyclic) bond motifs is 1. The van der Waals surface area contributed by atoms with Gasteiger partial charge >= 0.3 is 0 Å². The Kier molecular flexibility index (Phi) is 5.10. The van der Waals surface area contributed by atoms with E-state index in [1.54, 1.807) is 0 Å². The molecule has 1 aliphatic heterocycles. The lowest BCUT2D eigenvalue weighted by molar-refractivity contribution is 0.185. The number of ether oxygens (including phenoxy) is 1. The number of para-hydroxylation sites is 1. The van der Waals surface area contributed by atoms with Crippen molar-refractivity contribution in [3.05, 3.63) is 71.8 Å². The molecule has 0 bridgehead atoms. The highest BCUT2D eigenvalue weighted by molar-refractivity contribution is 6.03. The van der Waals surface area contributed by atoms with Crippen molar-refractivity contribution in [1.29, 1.82) is 0 Å². The summed E-state index contributed by atoms with van der Waals surface area (Å²) < 4.78 is 5.90. The Labute approximate surface area is 161 Å². The van der Waals surface area contributed by atoms with Gasteiger partial charge in [0.15, 0.2) is 6.17 Å². The van der Waals surface area contributed by atoms with Crippen LogP contribution < -0.4 is 4.74 Å². The normalized spacial score (nSPS) is 19.0. The number of aromatic nitrogens is 1. The van der Waals surface area contributed by atoms with E-state index in [2.05, 4.69) is 34.9 Å². The maximum atomic E-state index is 5.90. The predicted octanol–water partition coefficient (Wildman–Crippen LogP) is 3.87. The van der Waals surface area contributed by atoms with Gasteiger partial charge in [0, 0.05) is 31.6 Å². The fraction of sp³-hybridized carbons (Fsp3) is 0.364. The third kappa shape index (κ3) is 3.68. The van der Waals surface area contributed by atoms with Crippen LogP contribution in [0.3, 0.4) is 0 Å². The fourth-order valence-corrected chi connectivity index (χ4v) is 3.89. The zero-order valence-corrected chi connectivity index (χ0v) is 16.0. The molecule has 0 radical (unpaired) electrons. The molecular weight excluding hydrogens is 336 g/mol. The van der Waals surface area contributed by atoms with E-state index in [0.717, 1.165) is 30.8 Å². The SMILES string of the molecule is CN(CCOc1ccccc1)C1=C2CCCC2=NC(c2ccccn2)N1C. The Morgan fingerprint density at radius 1 is 1.11 bits per heavy atom. The third-order valence-electron chi connectivity index (χ3n) is 5.19. The number of rotatable bonds is 6. The highest BCUT2D eigenvalue weighted by Crippen LogP contribution is 2.37. The first kappa shape index (κ1) is 17.6. The summed E-state index contributed by atoms with van der Waals surface area (Å²) in [5, 5.41) is 0. The van der Waals surface area contributed by atoms with Crippen molar-refractivity contribution in [1.82, 2.24) is 14.8 Å². The highest BCUT2D eigenvalue weighted by Gasteiger charge is 2.33. The van der Waals surface area contributed by atoms with Crippen LogP contribution >= 0.6 is 0 Å². The van der Waals surface area contributed by atoms with Crippen molar-refractivity contribution in [3.8, 4) is 5.75 Å². The predicted molar refractivity (Wildman–Crippen MR) is 108 cm³/mol. The molecule has 1 atom stereocenters. The van der Waals surface area contributed by atoms with E-state index in [1.165, 1.54) is 23.5 Å². The number of pyridine rings is 1. The van der Waals surface area contributed by atoms with Crippen LogP contribution in [0.25, 0.3) is 0 Å². The summed E-state index contributed by atoms with van der Waals surface area (Å²) in [5.41, 5.74) is 3.62. The van der Waals surface area contributed by atoms with Crippen LogP contribution in [0, 0.1) is 0 Å². The van der Waals surface area contributed by atoms with Gasteiger partial charge in [-0.15, -0.1) is 0 Å². The smallest absolute Gasteiger partial charge is 0.165 e. The topological polar surface area (TPSA) is 41.0 Å². The molecule has 1 fully saturated rings. The maximum Gasteiger partial charge on any atom is 0.165 e. The van der Waals surface area contributed by atoms with Crippen molar-refractivity contribution in [2.75, 3.05) is 27.2 Å². The number of hydrogen-bond donors (Lipinski definition) is 0. The minimum atomic E-state index is -0.0597. The molecule has 5 nitrogen and oxygen atoms in total. The van der Waals surface area contributed by atoms with Gasteiger partial charge in [0.1, 0.15) is 18.2 Å². The molecule has 1 aliphatic carbocycles. The molecule has 4 rings (SSSR count). The van der Waals surface area contributed by atoms with Crippen LogP contribution in [-0.4, -0.2) is 47.7 Å². The minimum Gasteiger partial charge on any atom is -0.492 e. The molecule has 2 aliphatic rings. The minimum absolute atomic E-state index is 0.0597. The summed E-state index contributed by atoms with van der Waals surface area (Å²) in [6.45, 7) is 1.46. The van der Waals surface area contributed by atoms with E-state index < -0.39 is 0 Å². The number of nitrogens with zero attached hydrogens (tertiary/aromatic N) is 4. The average molecular weight is 362 g/mol. The number of benzene rings is 1. The van der Waals surface area contributed by atoms with Crippen LogP contribution in [0.1, 0.15) is 31.1 Å². The molecule has 1 aromatic carbocycles. The monoisotopic (exact) mass is 362 g/mol. The molecule has 1 saturated carbocycles. The van der Waals surface area contributed by atoms with Gasteiger partial charge in [-0.05, 0) is 43.5 Å². The summed E-state index contributed by atoms with van der Waals surface area (Å²) >= 11 is 0. The standard InChI is InChI=1S/C22H26N4O/c1-25(15-16-27-17-9-4-3-5-10-17)22-18-11-8-13-19(18)24-21(26(22)2)20-12-6-7-14-23-20/h3-7,9-10,12,14,21H,8,11,13,15-16H2,1-2H3. The molecule has 0 N–H and O–H groups in total. The van der Waals surface area contributed by atoms with Gasteiger partial charge in [-0.3, -0.25) is 9.98 Å². The number of hydrogen-bond acceptors (Lipinski definition) is 5. The Hall–Kier alpha value is -2.82. The lowest BCUT2D eigenvalue weighted by Crippen LogP contribution is -2.39. The van der Waals surface area contributed by atoms with E-state index in [0.29, 0.717) is 6.61 Å². The third-order valence-corrected chi connectivity index (χ3v) is 5.19. The Balaban J connectivity index is 1.51. The van der Waals surface area contributed by atoms with E-state index in [4.69, 9.17) is 9.73 Å². The lowest BCUT2D eigenvalue weighted by Gasteiger charge is -2.39. The molecule has 140 valence electrons. The van der Waals surface area contributed by atoms with Gasteiger partial charge in [0.25, 0.3) is 0 Å².